The van der Waals surface area contributed by atoms with Crippen LogP contribution in [0.4, 0.5) is 17.6 Å². The molecule has 0 bridgehead atoms. The Morgan fingerprint density at radius 2 is 0.766 bits per heavy atom. The molecule has 824 valence electrons. The van der Waals surface area contributed by atoms with Gasteiger partial charge in [0.05, 0.1) is 103 Å². The second-order valence-electron chi connectivity index (χ2n) is 36.3. The van der Waals surface area contributed by atoms with Crippen LogP contribution in [-0.2, 0) is 143 Å². The molecule has 7 saturated heterocycles. The van der Waals surface area contributed by atoms with Crippen molar-refractivity contribution in [3.05, 3.63) is 131 Å². The molecule has 7 heterocycles. The Hall–Kier alpha value is -9.94. The minimum absolute atomic E-state index is 0.00517. The smallest absolute Gasteiger partial charge is 0.347 e. The Morgan fingerprint density at radius 3 is 1.06 bits per heavy atom. The molecule has 20 atom stereocenters. The summed E-state index contributed by atoms with van der Waals surface area (Å²) in [5.74, 6) is -13.4. The number of aldehydes is 1. The summed E-state index contributed by atoms with van der Waals surface area (Å²) in [6, 6.07) is 24.1. The highest BCUT2D eigenvalue weighted by Crippen LogP contribution is 2.40. The van der Waals surface area contributed by atoms with E-state index in [-0.39, 0.29) is 100 Å². The van der Waals surface area contributed by atoms with Crippen LogP contribution in [0.3, 0.4) is 0 Å². The SMILES string of the molecule is C=C(C)C(=O)OCC.CC.CC1(C)OC[C@H](C=O)O1.CC1[C@@H](CO)OC(=O)[C@]1(C)F.CCOC(=O)/C(C)=C/[C@H]1COC(C)(C)O1.CCOC(=O)[C@@](C)(O)[C@H](O)[C@H]1COC(C)(C)O1.CCOC(=O)[C@@](C)(O)[C@H](OC(=O)c1ccccc1)[C@H]1COC(C)(C)O1.CCOC(=O)[C@](C)(F)[C@H](OC(=O)c1ccccc1)[C@H](O)CO.CCOC(=O)[C@](C)(F)[C@H](OC(=O)c1ccccc1)[C@H]1COC(C)(C)O1.CC[C@H]1OC(=O)[C@](C)(F)C1C. The lowest BCUT2D eigenvalue weighted by molar-refractivity contribution is -0.195. The largest absolute Gasteiger partial charge is 0.464 e. The number of alkyl halides is 4. The predicted octanol–water partition coefficient (Wildman–Crippen LogP) is 11.1. The summed E-state index contributed by atoms with van der Waals surface area (Å²) in [7, 11) is 0. The van der Waals surface area contributed by atoms with E-state index in [1.807, 2.05) is 34.6 Å². The van der Waals surface area contributed by atoms with Crippen molar-refractivity contribution >= 4 is 71.9 Å². The fourth-order valence-electron chi connectivity index (χ4n) is 13.4. The first-order valence-electron chi connectivity index (χ1n) is 47.5. The molecule has 39 nitrogen and oxygen atoms in total. The number of carbonyl (C=O) groups is 12. The molecule has 145 heavy (non-hydrogen) atoms. The lowest BCUT2D eigenvalue weighted by Crippen LogP contribution is -2.56. The molecule has 10 rings (SSSR count). The Balaban J connectivity index is 0.000000833. The first kappa shape index (κ1) is 133. The van der Waals surface area contributed by atoms with Crippen LogP contribution in [0.2, 0.25) is 0 Å². The summed E-state index contributed by atoms with van der Waals surface area (Å²) in [5.41, 5.74) is -11.5. The Morgan fingerprint density at radius 1 is 0.448 bits per heavy atom. The summed E-state index contributed by atoms with van der Waals surface area (Å²) < 4.78 is 164. The summed E-state index contributed by atoms with van der Waals surface area (Å²) in [4.78, 5) is 138. The summed E-state index contributed by atoms with van der Waals surface area (Å²) in [6.07, 6.45) is -8.65. The van der Waals surface area contributed by atoms with Crippen LogP contribution in [0.1, 0.15) is 238 Å². The van der Waals surface area contributed by atoms with Gasteiger partial charge in [0.25, 0.3) is 0 Å². The first-order valence-corrected chi connectivity index (χ1v) is 47.5. The van der Waals surface area contributed by atoms with Crippen molar-refractivity contribution in [3.8, 4) is 0 Å². The van der Waals surface area contributed by atoms with Gasteiger partial charge in [0.2, 0.25) is 22.7 Å². The van der Waals surface area contributed by atoms with Gasteiger partial charge in [-0.15, -0.1) is 0 Å². The number of halogens is 4. The maximum Gasteiger partial charge on any atom is 0.347 e. The van der Waals surface area contributed by atoms with Crippen LogP contribution in [0.25, 0.3) is 0 Å². The van der Waals surface area contributed by atoms with E-state index in [9.17, 15) is 91.1 Å². The number of hydrogen-bond acceptors (Lipinski definition) is 39. The molecule has 7 aliphatic heterocycles. The standard InChI is InChI=1S/C18H23FO6.C18H24O7.C15H19FO6.C11H20O6.C11H18O4.C8H13FO2.C7H11FO3.C6H10O3.C6H10O2.C2H6/c1-5-22-16(21)18(4,19)14(13-11-23-17(2,3)25-13)24-15(20)12-9-7-6-8-10-12;1-5-22-16(20)18(4,21)14(13-11-23-17(2,3)25-13)24-15(19)12-9-7-6-8-10-12;1-3-21-14(20)15(2,16)12(11(18)9-17)22-13(19)10-7-5-4-6-8-10;1-5-15-9(13)11(4,14)8(12)7-6-16-10(2,3)17-7;1-5-13-10(12)8(2)6-9-7-14-11(3,4)15-9;1-4-6-5(2)8(3,9)7(10)11-6;1-4-5(3-9)11-6(10)7(4,2)8;1-6(2)8-4-5(3-7)9-6;1-4-8-6(7)5(2)3;1-2/h6-10,13-14H,5,11H2,1-4H3;6-10,13-14,21H,5,11H2,1-4H3;4-8,11-12,17-18H,3,9H2,1-2H3;7-8,12,14H,5-6H2,1-4H3;6,9H,5,7H2,1-4H3;5-6H,4H2,1-3H3;4-5,9H,3H2,1-2H3;3,5H,4H2,1-2H3;2,4H2,1,3H3;1-2H3/b;;;;8-6+;;;;;/t13-,14-,18-;13-,14-,18+;11-,12-,15-;7-,8-,11+;9-;5?,6-,8-;4?,5-,7-;5-;;/m11110110../s1. The fourth-order valence-corrected chi connectivity index (χ4v) is 13.4. The van der Waals surface area contributed by atoms with Crippen molar-refractivity contribution in [2.45, 2.75) is 343 Å². The predicted molar refractivity (Wildman–Crippen MR) is 511 cm³/mol. The number of carbonyl (C=O) groups excluding carboxylic acids is 12. The van der Waals surface area contributed by atoms with Crippen LogP contribution in [0, 0.1) is 11.8 Å². The minimum Gasteiger partial charge on any atom is -0.464 e. The van der Waals surface area contributed by atoms with Gasteiger partial charge < -0.3 is 135 Å². The van der Waals surface area contributed by atoms with Crippen LogP contribution < -0.4 is 0 Å². The van der Waals surface area contributed by atoms with E-state index in [0.29, 0.717) is 49.6 Å². The average molecular weight is 2080 g/mol. The molecular formula is C102H154F4O39. The van der Waals surface area contributed by atoms with Crippen LogP contribution >= 0.6 is 0 Å². The maximum absolute atomic E-state index is 15.2. The second kappa shape index (κ2) is 60.5. The number of aliphatic hydroxyl groups excluding tert-OH is 4. The van der Waals surface area contributed by atoms with Crippen molar-refractivity contribution in [3.63, 3.8) is 0 Å². The van der Waals surface area contributed by atoms with Crippen LogP contribution in [-0.4, -0.2) is 325 Å². The Kier molecular flexibility index (Phi) is 55.5. The topological polar surface area (TPSA) is 520 Å². The zero-order chi connectivity index (χ0) is 112. The average Bonchev–Trinajstić information content (AvgIpc) is 1.70. The van der Waals surface area contributed by atoms with E-state index in [1.165, 1.54) is 58.9 Å². The zero-order valence-electron chi connectivity index (χ0n) is 88.7. The summed E-state index contributed by atoms with van der Waals surface area (Å²) >= 11 is 0. The lowest BCUT2D eigenvalue weighted by atomic mass is 9.90. The van der Waals surface area contributed by atoms with Gasteiger partial charge in [0.1, 0.15) is 54.9 Å². The third kappa shape index (κ3) is 42.3. The number of hydrogen-bond donors (Lipinski definition) is 6. The van der Waals surface area contributed by atoms with Gasteiger partial charge in [-0.3, -0.25) is 0 Å². The van der Waals surface area contributed by atoms with Gasteiger partial charge >= 0.3 is 65.7 Å². The molecule has 7 aliphatic rings. The summed E-state index contributed by atoms with van der Waals surface area (Å²) in [5, 5.41) is 58.0. The van der Waals surface area contributed by atoms with Gasteiger partial charge in [-0.1, -0.05) is 95.8 Å². The molecule has 0 saturated carbocycles. The quantitative estimate of drug-likeness (QED) is 0.0115. The van der Waals surface area contributed by atoms with Crippen LogP contribution in [0.5, 0.6) is 0 Å². The van der Waals surface area contributed by atoms with E-state index < -0.39 is 184 Å². The third-order valence-corrected chi connectivity index (χ3v) is 21.9. The molecular weight excluding hydrogens is 1930 g/mol. The van der Waals surface area contributed by atoms with Crippen molar-refractivity contribution in [2.24, 2.45) is 11.8 Å². The van der Waals surface area contributed by atoms with Gasteiger partial charge in [0.15, 0.2) is 64.7 Å². The number of rotatable bonds is 31. The fraction of sp³-hybridized carbons (Fsp3) is 0.667. The molecule has 6 N–H and O–H groups in total. The highest BCUT2D eigenvalue weighted by Gasteiger charge is 2.58. The molecule has 0 aromatic heterocycles. The number of aliphatic hydroxyl groups is 6. The molecule has 7 fully saturated rings. The normalized spacial score (nSPS) is 25.5. The molecule has 3 aromatic rings. The molecule has 0 spiro atoms. The lowest BCUT2D eigenvalue weighted by Gasteiger charge is -2.33. The third-order valence-electron chi connectivity index (χ3n) is 21.9. The van der Waals surface area contributed by atoms with Crippen molar-refractivity contribution < 1.29 is 205 Å². The first-order chi connectivity index (χ1) is 67.1. The zero-order valence-corrected chi connectivity index (χ0v) is 88.7. The van der Waals surface area contributed by atoms with Gasteiger partial charge in [-0.05, 0) is 215 Å². The van der Waals surface area contributed by atoms with Gasteiger partial charge in [-0.25, -0.2) is 70.3 Å². The number of benzene rings is 3. The molecule has 2 unspecified atom stereocenters. The number of esters is 11. The van der Waals surface area contributed by atoms with Crippen LogP contribution in [0.15, 0.2) is 115 Å². The van der Waals surface area contributed by atoms with Gasteiger partial charge in [0, 0.05) is 23.0 Å². The highest BCUT2D eigenvalue weighted by molar-refractivity contribution is 5.92. The maximum atomic E-state index is 15.2. The summed E-state index contributed by atoms with van der Waals surface area (Å²) in [6.45, 7) is 50.6. The van der Waals surface area contributed by atoms with Crippen molar-refractivity contribution in [1.29, 1.82) is 0 Å². The van der Waals surface area contributed by atoms with Crippen molar-refractivity contribution in [1.82, 2.24) is 0 Å². The second-order valence-corrected chi connectivity index (χ2v) is 36.3. The Bertz CT molecular complexity index is 4410. The molecule has 43 heteroatoms. The molecule has 0 amide bonds. The van der Waals surface area contributed by atoms with E-state index in [1.54, 1.807) is 191 Å². The van der Waals surface area contributed by atoms with Crippen molar-refractivity contribution in [2.75, 3.05) is 85.9 Å². The number of cyclic esters (lactones) is 2. The molecule has 3 aromatic carbocycles. The van der Waals surface area contributed by atoms with E-state index in [0.717, 1.165) is 20.1 Å². The van der Waals surface area contributed by atoms with E-state index in [4.69, 9.17) is 95.5 Å². The molecule has 0 aliphatic carbocycles. The van der Waals surface area contributed by atoms with E-state index >= 15 is 4.39 Å². The van der Waals surface area contributed by atoms with E-state index in [2.05, 4.69) is 20.8 Å². The highest BCUT2D eigenvalue weighted by atomic mass is 19.2. The monoisotopic (exact) mass is 2080 g/mol. The Labute approximate surface area is 846 Å². The van der Waals surface area contributed by atoms with Gasteiger partial charge in [-0.2, -0.15) is 0 Å². The minimum atomic E-state index is -2.80. The number of ether oxygens (including phenoxy) is 21. The molecule has 0 radical (unpaired) electrons.